The molecule has 1 saturated heterocycles. The fourth-order valence-electron chi connectivity index (χ4n) is 3.91. The molecule has 0 bridgehead atoms. The van der Waals surface area contributed by atoms with Gasteiger partial charge in [0.25, 0.3) is 0 Å². The van der Waals surface area contributed by atoms with E-state index >= 15 is 0 Å². The second kappa shape index (κ2) is 5.37. The van der Waals surface area contributed by atoms with E-state index in [1.165, 1.54) is 5.69 Å². The minimum absolute atomic E-state index is 0.249. The SMILES string of the molecule is Cc1cccc2ncc(CC3(N4CCCC4=O)C=CC=CC3)n12. The molecule has 4 nitrogen and oxygen atoms in total. The van der Waals surface area contributed by atoms with Crippen LogP contribution in [0.2, 0.25) is 0 Å². The zero-order chi connectivity index (χ0) is 15.9. The maximum atomic E-state index is 12.4. The molecule has 1 amide bonds. The smallest absolute Gasteiger partial charge is 0.223 e. The highest BCUT2D eigenvalue weighted by atomic mass is 16.2. The van der Waals surface area contributed by atoms with Crippen LogP contribution in [0.4, 0.5) is 0 Å². The lowest BCUT2D eigenvalue weighted by Crippen LogP contribution is -2.50. The van der Waals surface area contributed by atoms with Gasteiger partial charge in [0, 0.05) is 37.0 Å². The normalized spacial score (nSPS) is 24.0. The first-order valence-electron chi connectivity index (χ1n) is 8.26. The molecule has 4 heteroatoms. The summed E-state index contributed by atoms with van der Waals surface area (Å²) in [7, 11) is 0. The number of hydrogen-bond acceptors (Lipinski definition) is 2. The first kappa shape index (κ1) is 14.2. The average Bonchev–Trinajstić information content (AvgIpc) is 3.16. The number of allylic oxidation sites excluding steroid dienone is 2. The molecule has 2 aromatic rings. The van der Waals surface area contributed by atoms with E-state index in [2.05, 4.69) is 51.6 Å². The number of amides is 1. The number of likely N-dealkylation sites (tertiary alicyclic amines) is 1. The van der Waals surface area contributed by atoms with Gasteiger partial charge in [-0.25, -0.2) is 4.98 Å². The van der Waals surface area contributed by atoms with Crippen LogP contribution < -0.4 is 0 Å². The van der Waals surface area contributed by atoms with E-state index in [0.29, 0.717) is 6.42 Å². The Morgan fingerprint density at radius 2 is 2.22 bits per heavy atom. The van der Waals surface area contributed by atoms with Crippen LogP contribution in [0.25, 0.3) is 5.65 Å². The van der Waals surface area contributed by atoms with Crippen molar-refractivity contribution in [1.82, 2.24) is 14.3 Å². The number of carbonyl (C=O) groups is 1. The number of nitrogens with zero attached hydrogens (tertiary/aromatic N) is 3. The van der Waals surface area contributed by atoms with E-state index in [-0.39, 0.29) is 11.4 Å². The van der Waals surface area contributed by atoms with Crippen LogP contribution in [0.5, 0.6) is 0 Å². The van der Waals surface area contributed by atoms with Gasteiger partial charge in [-0.15, -0.1) is 0 Å². The summed E-state index contributed by atoms with van der Waals surface area (Å²) in [5, 5.41) is 0. The number of carbonyl (C=O) groups excluding carboxylic acids is 1. The standard InChI is InChI=1S/C19H21N3O/c1-15-7-5-8-17-20-14-16(22(15)17)13-19(10-3-2-4-11-19)21-12-6-9-18(21)23/h2-5,7-8,10,14H,6,9,11-13H2,1H3. The molecule has 23 heavy (non-hydrogen) atoms. The van der Waals surface area contributed by atoms with Crippen LogP contribution in [0.1, 0.15) is 30.7 Å². The lowest BCUT2D eigenvalue weighted by atomic mass is 9.85. The van der Waals surface area contributed by atoms with E-state index in [4.69, 9.17) is 0 Å². The maximum absolute atomic E-state index is 12.4. The molecule has 1 fully saturated rings. The zero-order valence-electron chi connectivity index (χ0n) is 13.4. The molecule has 3 heterocycles. The van der Waals surface area contributed by atoms with Crippen molar-refractivity contribution in [2.45, 2.75) is 38.1 Å². The molecule has 0 radical (unpaired) electrons. The Kier molecular flexibility index (Phi) is 3.33. The van der Waals surface area contributed by atoms with Crippen molar-refractivity contribution in [3.63, 3.8) is 0 Å². The molecule has 0 saturated carbocycles. The van der Waals surface area contributed by atoms with Gasteiger partial charge in [0.05, 0.1) is 5.54 Å². The van der Waals surface area contributed by atoms with Crippen molar-refractivity contribution >= 4 is 11.6 Å². The number of imidazole rings is 1. The van der Waals surface area contributed by atoms with Crippen LogP contribution in [0.15, 0.2) is 48.7 Å². The quantitative estimate of drug-likeness (QED) is 0.874. The van der Waals surface area contributed by atoms with Crippen LogP contribution >= 0.6 is 0 Å². The van der Waals surface area contributed by atoms with Gasteiger partial charge in [0.2, 0.25) is 5.91 Å². The second-order valence-corrected chi connectivity index (χ2v) is 6.53. The van der Waals surface area contributed by atoms with Gasteiger partial charge >= 0.3 is 0 Å². The van der Waals surface area contributed by atoms with Gasteiger partial charge in [0.1, 0.15) is 5.65 Å². The molecule has 0 N–H and O–H groups in total. The third kappa shape index (κ3) is 2.29. The maximum Gasteiger partial charge on any atom is 0.223 e. The average molecular weight is 307 g/mol. The van der Waals surface area contributed by atoms with Gasteiger partial charge in [-0.1, -0.05) is 30.4 Å². The van der Waals surface area contributed by atoms with Gasteiger partial charge < -0.3 is 9.30 Å². The zero-order valence-corrected chi connectivity index (χ0v) is 13.4. The summed E-state index contributed by atoms with van der Waals surface area (Å²) in [6.45, 7) is 2.95. The van der Waals surface area contributed by atoms with E-state index in [9.17, 15) is 4.79 Å². The second-order valence-electron chi connectivity index (χ2n) is 6.53. The minimum Gasteiger partial charge on any atom is -0.333 e. The highest BCUT2D eigenvalue weighted by molar-refractivity contribution is 5.79. The summed E-state index contributed by atoms with van der Waals surface area (Å²) in [4.78, 5) is 19.0. The topological polar surface area (TPSA) is 37.6 Å². The van der Waals surface area contributed by atoms with E-state index in [1.54, 1.807) is 0 Å². The lowest BCUT2D eigenvalue weighted by molar-refractivity contribution is -0.131. The predicted molar refractivity (Wildman–Crippen MR) is 90.2 cm³/mol. The number of aromatic nitrogens is 2. The fraction of sp³-hybridized carbons (Fsp3) is 0.368. The first-order valence-corrected chi connectivity index (χ1v) is 8.26. The largest absolute Gasteiger partial charge is 0.333 e. The highest BCUT2D eigenvalue weighted by Gasteiger charge is 2.40. The predicted octanol–water partition coefficient (Wildman–Crippen LogP) is 3.06. The van der Waals surface area contributed by atoms with Crippen LogP contribution in [0, 0.1) is 6.92 Å². The molecule has 1 aliphatic carbocycles. The third-order valence-corrected chi connectivity index (χ3v) is 5.02. The Labute approximate surface area is 136 Å². The van der Waals surface area contributed by atoms with E-state index in [0.717, 1.165) is 37.1 Å². The summed E-state index contributed by atoms with van der Waals surface area (Å²) in [6, 6.07) is 6.16. The Morgan fingerprint density at radius 3 is 2.96 bits per heavy atom. The lowest BCUT2D eigenvalue weighted by Gasteiger charge is -2.40. The Bertz CT molecular complexity index is 817. The summed E-state index contributed by atoms with van der Waals surface area (Å²) in [6.07, 6.45) is 13.8. The number of rotatable bonds is 3. The Hall–Kier alpha value is -2.36. The van der Waals surface area contributed by atoms with Gasteiger partial charge in [-0.05, 0) is 31.9 Å². The Balaban J connectivity index is 1.77. The number of aryl methyl sites for hydroxylation is 1. The highest BCUT2D eigenvalue weighted by Crippen LogP contribution is 2.33. The van der Waals surface area contributed by atoms with Crippen molar-refractivity contribution in [3.05, 3.63) is 60.1 Å². The molecule has 118 valence electrons. The molecule has 1 aliphatic heterocycles. The summed E-state index contributed by atoms with van der Waals surface area (Å²) >= 11 is 0. The minimum atomic E-state index is -0.249. The van der Waals surface area contributed by atoms with Crippen molar-refractivity contribution in [1.29, 1.82) is 0 Å². The summed E-state index contributed by atoms with van der Waals surface area (Å²) < 4.78 is 2.20. The van der Waals surface area contributed by atoms with Gasteiger partial charge in [-0.2, -0.15) is 0 Å². The van der Waals surface area contributed by atoms with Gasteiger partial charge in [-0.3, -0.25) is 4.79 Å². The molecule has 1 atom stereocenters. The molecule has 4 rings (SSSR count). The third-order valence-electron chi connectivity index (χ3n) is 5.02. The van der Waals surface area contributed by atoms with Crippen molar-refractivity contribution in [2.75, 3.05) is 6.54 Å². The van der Waals surface area contributed by atoms with Crippen LogP contribution in [-0.4, -0.2) is 32.3 Å². The van der Waals surface area contributed by atoms with Crippen molar-refractivity contribution in [3.8, 4) is 0 Å². The van der Waals surface area contributed by atoms with E-state index in [1.807, 2.05) is 18.3 Å². The fourth-order valence-corrected chi connectivity index (χ4v) is 3.91. The molecule has 2 aliphatic rings. The number of pyridine rings is 1. The van der Waals surface area contributed by atoms with E-state index < -0.39 is 0 Å². The first-order chi connectivity index (χ1) is 11.2. The Morgan fingerprint density at radius 1 is 1.30 bits per heavy atom. The number of hydrogen-bond donors (Lipinski definition) is 0. The van der Waals surface area contributed by atoms with Gasteiger partial charge in [0.15, 0.2) is 0 Å². The molecule has 2 aromatic heterocycles. The molecule has 0 aromatic carbocycles. The molecule has 1 unspecified atom stereocenters. The van der Waals surface area contributed by atoms with Crippen LogP contribution in [0.3, 0.4) is 0 Å². The summed E-state index contributed by atoms with van der Waals surface area (Å²) in [5.74, 6) is 0.274. The van der Waals surface area contributed by atoms with Crippen molar-refractivity contribution in [2.24, 2.45) is 0 Å². The van der Waals surface area contributed by atoms with Crippen LogP contribution in [-0.2, 0) is 11.2 Å². The summed E-state index contributed by atoms with van der Waals surface area (Å²) in [5.41, 5.74) is 3.06. The monoisotopic (exact) mass is 307 g/mol. The van der Waals surface area contributed by atoms with Crippen molar-refractivity contribution < 1.29 is 4.79 Å². The number of fused-ring (bicyclic) bond motifs is 1. The molecular weight excluding hydrogens is 286 g/mol. The molecule has 0 spiro atoms. The molecular formula is C19H21N3O.